The van der Waals surface area contributed by atoms with Crippen molar-refractivity contribution in [3.63, 3.8) is 0 Å². The molecule has 0 bridgehead atoms. The van der Waals surface area contributed by atoms with Crippen LogP contribution in [0.2, 0.25) is 5.02 Å². The number of amides is 1. The third-order valence-corrected chi connectivity index (χ3v) is 4.14. The molecule has 8 nitrogen and oxygen atoms in total. The fourth-order valence-corrected chi connectivity index (χ4v) is 2.68. The summed E-state index contributed by atoms with van der Waals surface area (Å²) in [6.07, 6.45) is 3.04. The van der Waals surface area contributed by atoms with Gasteiger partial charge >= 0.3 is 0 Å². The van der Waals surface area contributed by atoms with E-state index < -0.39 is 10.8 Å². The van der Waals surface area contributed by atoms with Crippen molar-refractivity contribution >= 4 is 23.2 Å². The zero-order chi connectivity index (χ0) is 18.7. The van der Waals surface area contributed by atoms with E-state index in [1.807, 2.05) is 31.2 Å². The van der Waals surface area contributed by atoms with Gasteiger partial charge in [0.2, 0.25) is 0 Å². The van der Waals surface area contributed by atoms with E-state index in [9.17, 15) is 14.9 Å². The van der Waals surface area contributed by atoms with E-state index in [1.165, 1.54) is 18.5 Å². The number of nitro groups is 1. The van der Waals surface area contributed by atoms with Gasteiger partial charge in [-0.15, -0.1) is 0 Å². The monoisotopic (exact) mass is 371 g/mol. The van der Waals surface area contributed by atoms with E-state index in [1.54, 1.807) is 11.0 Å². The van der Waals surface area contributed by atoms with Crippen LogP contribution in [0.3, 0.4) is 0 Å². The van der Waals surface area contributed by atoms with Crippen LogP contribution in [0.5, 0.6) is 0 Å². The van der Waals surface area contributed by atoms with E-state index >= 15 is 0 Å². The van der Waals surface area contributed by atoms with E-state index in [0.717, 1.165) is 17.3 Å². The second kappa shape index (κ2) is 7.32. The Labute approximate surface area is 153 Å². The minimum atomic E-state index is -0.563. The molecule has 0 fully saturated rings. The van der Waals surface area contributed by atoms with Gasteiger partial charge < -0.3 is 5.32 Å². The molecule has 132 valence electrons. The predicted molar refractivity (Wildman–Crippen MR) is 95.3 cm³/mol. The topological polar surface area (TPSA) is 103 Å². The lowest BCUT2D eigenvalue weighted by atomic mass is 10.1. The Kier molecular flexibility index (Phi) is 4.94. The highest BCUT2D eigenvalue weighted by atomic mass is 35.5. The molecule has 9 heteroatoms. The minimum Gasteiger partial charge on any atom is -0.345 e. The molecule has 1 heterocycles. The van der Waals surface area contributed by atoms with Crippen LogP contribution >= 0.6 is 11.6 Å². The smallest absolute Gasteiger partial charge is 0.270 e. The van der Waals surface area contributed by atoms with E-state index in [4.69, 9.17) is 11.6 Å². The van der Waals surface area contributed by atoms with Crippen LogP contribution in [-0.4, -0.2) is 25.6 Å². The Morgan fingerprint density at radius 3 is 2.58 bits per heavy atom. The average Bonchev–Trinajstić information content (AvgIpc) is 3.16. The molecule has 1 amide bonds. The van der Waals surface area contributed by atoms with Crippen LogP contribution in [0.1, 0.15) is 28.9 Å². The highest BCUT2D eigenvalue weighted by Gasteiger charge is 2.17. The van der Waals surface area contributed by atoms with Crippen molar-refractivity contribution in [3.05, 3.63) is 81.4 Å². The van der Waals surface area contributed by atoms with Gasteiger partial charge in [0.1, 0.15) is 12.7 Å². The van der Waals surface area contributed by atoms with Crippen molar-refractivity contribution in [1.29, 1.82) is 0 Å². The Balaban J connectivity index is 1.72. The predicted octanol–water partition coefficient (Wildman–Crippen LogP) is 3.32. The summed E-state index contributed by atoms with van der Waals surface area (Å²) in [6, 6.07) is 11.0. The van der Waals surface area contributed by atoms with Gasteiger partial charge in [0, 0.05) is 12.1 Å². The standard InChI is InChI=1S/C17H14ClN5O3/c1-11(12-2-4-13(5-3-12)22-10-19-9-20-22)21-17(24)15-7-6-14(23(25)26)8-16(15)18/h2-11H,1H3,(H,21,24). The number of aromatic nitrogens is 3. The molecule has 0 spiro atoms. The summed E-state index contributed by atoms with van der Waals surface area (Å²) in [6.45, 7) is 1.83. The summed E-state index contributed by atoms with van der Waals surface area (Å²) in [5, 5.41) is 17.7. The molecule has 0 aliphatic rings. The van der Waals surface area contributed by atoms with Crippen molar-refractivity contribution in [2.24, 2.45) is 0 Å². The quantitative estimate of drug-likeness (QED) is 0.547. The number of nitrogens with one attached hydrogen (secondary N) is 1. The van der Waals surface area contributed by atoms with Gasteiger partial charge in [-0.2, -0.15) is 5.10 Å². The Morgan fingerprint density at radius 2 is 2.00 bits per heavy atom. The molecule has 3 aromatic rings. The molecule has 0 radical (unpaired) electrons. The van der Waals surface area contributed by atoms with Crippen LogP contribution < -0.4 is 5.32 Å². The van der Waals surface area contributed by atoms with Crippen molar-refractivity contribution in [1.82, 2.24) is 20.1 Å². The summed E-state index contributed by atoms with van der Waals surface area (Å²) in [5.41, 5.74) is 1.76. The van der Waals surface area contributed by atoms with Crippen molar-refractivity contribution in [3.8, 4) is 5.69 Å². The molecule has 1 N–H and O–H groups in total. The molecular weight excluding hydrogens is 358 g/mol. The maximum atomic E-state index is 12.4. The molecular formula is C17H14ClN5O3. The van der Waals surface area contributed by atoms with E-state index in [-0.39, 0.29) is 22.3 Å². The SMILES string of the molecule is CC(NC(=O)c1ccc([N+](=O)[O-])cc1Cl)c1ccc(-n2cncn2)cc1. The average molecular weight is 372 g/mol. The first-order valence-corrected chi connectivity index (χ1v) is 8.03. The van der Waals surface area contributed by atoms with E-state index in [2.05, 4.69) is 15.4 Å². The van der Waals surface area contributed by atoms with Gasteiger partial charge in [-0.25, -0.2) is 9.67 Å². The van der Waals surface area contributed by atoms with Crippen LogP contribution in [0.25, 0.3) is 5.69 Å². The summed E-state index contributed by atoms with van der Waals surface area (Å²) < 4.78 is 1.63. The first kappa shape index (κ1) is 17.6. The van der Waals surface area contributed by atoms with Gasteiger partial charge in [0.15, 0.2) is 0 Å². The molecule has 0 saturated heterocycles. The van der Waals surface area contributed by atoms with Gasteiger partial charge in [0.05, 0.1) is 27.2 Å². The van der Waals surface area contributed by atoms with Crippen LogP contribution in [0, 0.1) is 10.1 Å². The third kappa shape index (κ3) is 3.70. The van der Waals surface area contributed by atoms with Crippen molar-refractivity contribution in [2.45, 2.75) is 13.0 Å². The summed E-state index contributed by atoms with van der Waals surface area (Å²) in [5.74, 6) is -0.405. The molecule has 1 unspecified atom stereocenters. The maximum Gasteiger partial charge on any atom is 0.270 e. The summed E-state index contributed by atoms with van der Waals surface area (Å²) in [4.78, 5) is 26.5. The van der Waals surface area contributed by atoms with Gasteiger partial charge in [0.25, 0.3) is 11.6 Å². The molecule has 3 rings (SSSR count). The number of rotatable bonds is 5. The van der Waals surface area contributed by atoms with Crippen LogP contribution in [0.15, 0.2) is 55.1 Å². The molecule has 2 aromatic carbocycles. The second-order valence-electron chi connectivity index (χ2n) is 5.55. The third-order valence-electron chi connectivity index (χ3n) is 3.83. The highest BCUT2D eigenvalue weighted by Crippen LogP contribution is 2.23. The number of halogens is 1. The number of hydrogen-bond donors (Lipinski definition) is 1. The molecule has 26 heavy (non-hydrogen) atoms. The first-order chi connectivity index (χ1) is 12.5. The normalized spacial score (nSPS) is 11.8. The van der Waals surface area contributed by atoms with Gasteiger partial charge in [-0.1, -0.05) is 23.7 Å². The molecule has 0 aliphatic carbocycles. The lowest BCUT2D eigenvalue weighted by molar-refractivity contribution is -0.384. The zero-order valence-electron chi connectivity index (χ0n) is 13.7. The lowest BCUT2D eigenvalue weighted by Gasteiger charge is -2.15. The Hall–Kier alpha value is -3.26. The number of benzene rings is 2. The number of non-ortho nitro benzene ring substituents is 1. The maximum absolute atomic E-state index is 12.4. The van der Waals surface area contributed by atoms with Crippen LogP contribution in [-0.2, 0) is 0 Å². The summed E-state index contributed by atoms with van der Waals surface area (Å²) in [7, 11) is 0. The fraction of sp³-hybridized carbons (Fsp3) is 0.118. The zero-order valence-corrected chi connectivity index (χ0v) is 14.4. The Bertz CT molecular complexity index is 942. The van der Waals surface area contributed by atoms with Gasteiger partial charge in [-0.3, -0.25) is 14.9 Å². The molecule has 0 saturated carbocycles. The minimum absolute atomic E-state index is 0.0328. The number of nitro benzene ring substituents is 1. The second-order valence-corrected chi connectivity index (χ2v) is 5.96. The number of carbonyl (C=O) groups excluding carboxylic acids is 1. The summed E-state index contributed by atoms with van der Waals surface area (Å²) >= 11 is 5.99. The first-order valence-electron chi connectivity index (χ1n) is 7.65. The number of carbonyl (C=O) groups is 1. The number of hydrogen-bond acceptors (Lipinski definition) is 5. The van der Waals surface area contributed by atoms with Crippen molar-refractivity contribution in [2.75, 3.05) is 0 Å². The van der Waals surface area contributed by atoms with Gasteiger partial charge in [-0.05, 0) is 30.7 Å². The lowest BCUT2D eigenvalue weighted by Crippen LogP contribution is -2.26. The number of nitrogens with zero attached hydrogens (tertiary/aromatic N) is 4. The molecule has 0 aliphatic heterocycles. The van der Waals surface area contributed by atoms with E-state index in [0.29, 0.717) is 0 Å². The largest absolute Gasteiger partial charge is 0.345 e. The molecule has 1 atom stereocenters. The highest BCUT2D eigenvalue weighted by molar-refractivity contribution is 6.34. The van der Waals surface area contributed by atoms with Crippen LogP contribution in [0.4, 0.5) is 5.69 Å². The Morgan fingerprint density at radius 1 is 1.27 bits per heavy atom. The fourth-order valence-electron chi connectivity index (χ4n) is 2.42. The molecule has 1 aromatic heterocycles. The van der Waals surface area contributed by atoms with Crippen molar-refractivity contribution < 1.29 is 9.72 Å².